The first kappa shape index (κ1) is 16.8. The van der Waals surface area contributed by atoms with Crippen LogP contribution in [0.1, 0.15) is 12.8 Å². The number of non-ortho nitro benzene ring substituents is 1. The van der Waals surface area contributed by atoms with Gasteiger partial charge in [-0.3, -0.25) is 14.9 Å². The Morgan fingerprint density at radius 2 is 1.80 bits per heavy atom. The average molecular weight is 314 g/mol. The fraction of sp³-hybridized carbons (Fsp3) is 0.462. The summed E-state index contributed by atoms with van der Waals surface area (Å²) in [5.74, 6) is 1.78. The maximum atomic E-state index is 11.3. The van der Waals surface area contributed by atoms with Gasteiger partial charge in [0, 0.05) is 36.9 Å². The van der Waals surface area contributed by atoms with E-state index in [2.05, 4.69) is 0 Å². The van der Waals surface area contributed by atoms with Gasteiger partial charge < -0.3 is 4.90 Å². The molecule has 7 heteroatoms. The highest BCUT2D eigenvalue weighted by Crippen LogP contribution is 2.22. The van der Waals surface area contributed by atoms with Crippen molar-refractivity contribution in [1.82, 2.24) is 4.90 Å². The number of benzene rings is 1. The number of nitrogens with zero attached hydrogens (tertiary/aromatic N) is 2. The predicted octanol–water partition coefficient (Wildman–Crippen LogP) is 3.88. The average Bonchev–Trinajstić information content (AvgIpc) is 2.42. The van der Waals surface area contributed by atoms with E-state index in [0.717, 1.165) is 29.2 Å². The number of nitro benzene ring substituents is 1. The molecule has 0 N–H and O–H groups in total. The molecule has 110 valence electrons. The molecule has 0 saturated carbocycles. The second-order valence-corrected chi connectivity index (χ2v) is 6.53. The standard InChI is InChI=1S/C13H18N2O3S2/c1-14(2)13(16)20-10-4-3-9-19-12-7-5-11(6-8-12)15(17)18/h5-8H,3-4,9-10H2,1-2H3. The molecule has 1 aromatic carbocycles. The highest BCUT2D eigenvalue weighted by atomic mass is 32.2. The number of amides is 1. The molecule has 0 fully saturated rings. The zero-order chi connectivity index (χ0) is 15.0. The molecule has 5 nitrogen and oxygen atoms in total. The third-order valence-corrected chi connectivity index (χ3v) is 4.65. The van der Waals surface area contributed by atoms with Crippen LogP contribution in [0, 0.1) is 10.1 Å². The van der Waals surface area contributed by atoms with E-state index in [1.807, 2.05) is 0 Å². The summed E-state index contributed by atoms with van der Waals surface area (Å²) in [6.07, 6.45) is 2.01. The van der Waals surface area contributed by atoms with Crippen LogP contribution in [0.4, 0.5) is 10.5 Å². The number of unbranched alkanes of at least 4 members (excludes halogenated alkanes) is 1. The van der Waals surface area contributed by atoms with Crippen molar-refractivity contribution >= 4 is 34.5 Å². The van der Waals surface area contributed by atoms with Gasteiger partial charge in [0.25, 0.3) is 10.9 Å². The van der Waals surface area contributed by atoms with E-state index in [4.69, 9.17) is 0 Å². The summed E-state index contributed by atoms with van der Waals surface area (Å²) >= 11 is 3.02. The summed E-state index contributed by atoms with van der Waals surface area (Å²) < 4.78 is 0. The zero-order valence-corrected chi connectivity index (χ0v) is 13.2. The third-order valence-electron chi connectivity index (χ3n) is 2.45. The molecule has 0 atom stereocenters. The van der Waals surface area contributed by atoms with Gasteiger partial charge in [-0.05, 0) is 30.7 Å². The van der Waals surface area contributed by atoms with Crippen molar-refractivity contribution in [2.24, 2.45) is 0 Å². The van der Waals surface area contributed by atoms with Crippen LogP contribution in [0.3, 0.4) is 0 Å². The van der Waals surface area contributed by atoms with Gasteiger partial charge in [-0.2, -0.15) is 0 Å². The highest BCUT2D eigenvalue weighted by molar-refractivity contribution is 8.13. The summed E-state index contributed by atoms with van der Waals surface area (Å²) in [4.78, 5) is 24.0. The lowest BCUT2D eigenvalue weighted by molar-refractivity contribution is -0.384. The molecular formula is C13H18N2O3S2. The van der Waals surface area contributed by atoms with E-state index in [9.17, 15) is 14.9 Å². The molecule has 0 aliphatic rings. The first-order valence-electron chi connectivity index (χ1n) is 6.22. The number of nitro groups is 1. The summed E-state index contributed by atoms with van der Waals surface area (Å²) in [5.41, 5.74) is 0.118. The summed E-state index contributed by atoms with van der Waals surface area (Å²) in [5, 5.41) is 10.6. The number of hydrogen-bond donors (Lipinski definition) is 0. The summed E-state index contributed by atoms with van der Waals surface area (Å²) in [6.45, 7) is 0. The Labute approximate surface area is 127 Å². The van der Waals surface area contributed by atoms with Gasteiger partial charge in [-0.1, -0.05) is 11.8 Å². The summed E-state index contributed by atoms with van der Waals surface area (Å²) in [7, 11) is 3.50. The lowest BCUT2D eigenvalue weighted by atomic mass is 10.3. The molecule has 1 rings (SSSR count). The molecule has 0 spiro atoms. The van der Waals surface area contributed by atoms with Crippen LogP contribution < -0.4 is 0 Å². The Bertz CT molecular complexity index is 449. The van der Waals surface area contributed by atoms with E-state index in [1.165, 1.54) is 23.9 Å². The Balaban J connectivity index is 2.15. The minimum absolute atomic E-state index is 0.0908. The van der Waals surface area contributed by atoms with Crippen molar-refractivity contribution in [1.29, 1.82) is 0 Å². The Hall–Kier alpha value is -1.21. The number of carbonyl (C=O) groups excluding carboxylic acids is 1. The SMILES string of the molecule is CN(C)C(=O)SCCCCSc1ccc([N+](=O)[O-])cc1. The fourth-order valence-electron chi connectivity index (χ4n) is 1.35. The van der Waals surface area contributed by atoms with Crippen molar-refractivity contribution < 1.29 is 9.72 Å². The molecule has 0 radical (unpaired) electrons. The molecule has 0 bridgehead atoms. The molecule has 0 saturated heterocycles. The Morgan fingerprint density at radius 3 is 2.35 bits per heavy atom. The predicted molar refractivity (Wildman–Crippen MR) is 84.6 cm³/mol. The van der Waals surface area contributed by atoms with E-state index < -0.39 is 4.92 Å². The maximum Gasteiger partial charge on any atom is 0.281 e. The van der Waals surface area contributed by atoms with Crippen LogP contribution in [0.2, 0.25) is 0 Å². The zero-order valence-electron chi connectivity index (χ0n) is 11.6. The lowest BCUT2D eigenvalue weighted by Gasteiger charge is -2.08. The topological polar surface area (TPSA) is 63.5 Å². The number of carbonyl (C=O) groups is 1. The molecule has 0 heterocycles. The molecule has 1 aromatic rings. The van der Waals surface area contributed by atoms with Crippen LogP contribution in [0.25, 0.3) is 0 Å². The van der Waals surface area contributed by atoms with Crippen molar-refractivity contribution in [3.63, 3.8) is 0 Å². The first-order chi connectivity index (χ1) is 9.50. The van der Waals surface area contributed by atoms with E-state index in [0.29, 0.717) is 0 Å². The molecule has 0 aromatic heterocycles. The van der Waals surface area contributed by atoms with Crippen molar-refractivity contribution in [3.05, 3.63) is 34.4 Å². The molecule has 0 aliphatic carbocycles. The molecule has 0 unspecified atom stereocenters. The maximum absolute atomic E-state index is 11.3. The van der Waals surface area contributed by atoms with Gasteiger partial charge in [-0.15, -0.1) is 11.8 Å². The minimum atomic E-state index is -0.395. The number of rotatable bonds is 7. The number of thioether (sulfide) groups is 2. The van der Waals surface area contributed by atoms with Gasteiger partial charge in [-0.25, -0.2) is 0 Å². The van der Waals surface area contributed by atoms with Gasteiger partial charge in [0.15, 0.2) is 0 Å². The van der Waals surface area contributed by atoms with Crippen LogP contribution in [-0.4, -0.2) is 40.7 Å². The van der Waals surface area contributed by atoms with Crippen molar-refractivity contribution in [3.8, 4) is 0 Å². The lowest BCUT2D eigenvalue weighted by Crippen LogP contribution is -2.16. The fourth-order valence-corrected chi connectivity index (χ4v) is 3.04. The van der Waals surface area contributed by atoms with E-state index >= 15 is 0 Å². The van der Waals surface area contributed by atoms with Gasteiger partial charge in [0.05, 0.1) is 4.92 Å². The van der Waals surface area contributed by atoms with Gasteiger partial charge in [0.1, 0.15) is 0 Å². The van der Waals surface area contributed by atoms with Gasteiger partial charge >= 0.3 is 0 Å². The van der Waals surface area contributed by atoms with Crippen LogP contribution in [0.5, 0.6) is 0 Å². The van der Waals surface area contributed by atoms with E-state index in [-0.39, 0.29) is 10.9 Å². The second kappa shape index (κ2) is 8.86. The van der Waals surface area contributed by atoms with Crippen LogP contribution in [-0.2, 0) is 0 Å². The van der Waals surface area contributed by atoms with Crippen molar-refractivity contribution in [2.75, 3.05) is 25.6 Å². The second-order valence-electron chi connectivity index (χ2n) is 4.32. The summed E-state index contributed by atoms with van der Waals surface area (Å²) in [6, 6.07) is 6.59. The van der Waals surface area contributed by atoms with Crippen LogP contribution in [0.15, 0.2) is 29.2 Å². The molecular weight excluding hydrogens is 296 g/mol. The van der Waals surface area contributed by atoms with Crippen molar-refractivity contribution in [2.45, 2.75) is 17.7 Å². The molecule has 20 heavy (non-hydrogen) atoms. The molecule has 0 aliphatic heterocycles. The van der Waals surface area contributed by atoms with E-state index in [1.54, 1.807) is 42.9 Å². The highest BCUT2D eigenvalue weighted by Gasteiger charge is 2.05. The smallest absolute Gasteiger partial charge is 0.281 e. The van der Waals surface area contributed by atoms with Crippen LogP contribution >= 0.6 is 23.5 Å². The monoisotopic (exact) mass is 314 g/mol. The quantitative estimate of drug-likeness (QED) is 0.331. The Morgan fingerprint density at radius 1 is 1.20 bits per heavy atom. The van der Waals surface area contributed by atoms with Gasteiger partial charge in [0.2, 0.25) is 0 Å². The minimum Gasteiger partial charge on any atom is -0.340 e. The Kier molecular flexibility index (Phi) is 7.46. The third kappa shape index (κ3) is 6.29. The normalized spacial score (nSPS) is 10.3. The number of hydrogen-bond acceptors (Lipinski definition) is 5. The largest absolute Gasteiger partial charge is 0.340 e. The first-order valence-corrected chi connectivity index (χ1v) is 8.19. The molecule has 1 amide bonds.